The molecule has 7 heteroatoms. The van der Waals surface area contributed by atoms with Crippen molar-refractivity contribution in [2.24, 2.45) is 23.2 Å². The molecule has 0 heterocycles. The lowest BCUT2D eigenvalue weighted by Crippen LogP contribution is -2.53. The molecular formula is C25H39BBr2O4. The number of rotatable bonds is 7. The number of methoxy groups -OCH3 is 2. The molecule has 0 aliphatic heterocycles. The molecule has 0 N–H and O–H groups in total. The van der Waals surface area contributed by atoms with Crippen LogP contribution in [0.25, 0.3) is 0 Å². The molecule has 4 nitrogen and oxygen atoms in total. The van der Waals surface area contributed by atoms with Gasteiger partial charge in [-0.15, -0.1) is 0 Å². The van der Waals surface area contributed by atoms with Crippen molar-refractivity contribution in [3.8, 4) is 10.8 Å². The number of esters is 2. The minimum atomic E-state index is -0.170. The van der Waals surface area contributed by atoms with Crippen molar-refractivity contribution in [3.63, 3.8) is 0 Å². The van der Waals surface area contributed by atoms with Gasteiger partial charge in [-0.2, -0.15) is 0 Å². The van der Waals surface area contributed by atoms with Crippen LogP contribution in [0.2, 0.25) is 5.82 Å². The Morgan fingerprint density at radius 3 is 2.09 bits per heavy atom. The topological polar surface area (TPSA) is 52.6 Å². The van der Waals surface area contributed by atoms with E-state index in [2.05, 4.69) is 72.9 Å². The van der Waals surface area contributed by atoms with E-state index in [-0.39, 0.29) is 11.9 Å². The molecule has 3 aliphatic rings. The number of carbonyl (C=O) groups excluding carboxylic acids is 2. The highest BCUT2D eigenvalue weighted by atomic mass is 79.9. The number of halogens is 2. The highest BCUT2D eigenvalue weighted by Crippen LogP contribution is 2.63. The lowest BCUT2D eigenvalue weighted by Gasteiger charge is -2.62. The van der Waals surface area contributed by atoms with Crippen LogP contribution in [0.5, 0.6) is 0 Å². The van der Waals surface area contributed by atoms with Gasteiger partial charge in [0.25, 0.3) is 0 Å². The van der Waals surface area contributed by atoms with Gasteiger partial charge in [0.15, 0.2) is 0 Å². The van der Waals surface area contributed by atoms with Gasteiger partial charge in [0, 0.05) is 35.2 Å². The maximum atomic E-state index is 10.6. The zero-order chi connectivity index (χ0) is 24.7. The standard InChI is InChI=1S/C10H17B.C8H13BrO2.C7H9BrO2/c1-6-8-4-7(5-9(6)11)10(8,2)3;1-7(9)5-3-4-6-8(10)11-2;1-10-7(9)5-3-2-4-6-8/h6-9H,4-5H2,1-3H3;5H,3-4,6H2,1-2H3;2-3,5H2,1H3/b;7-5-;. The molecule has 3 fully saturated rings. The van der Waals surface area contributed by atoms with E-state index < -0.39 is 0 Å². The maximum Gasteiger partial charge on any atom is 0.305 e. The van der Waals surface area contributed by atoms with Gasteiger partial charge in [-0.3, -0.25) is 9.59 Å². The summed E-state index contributed by atoms with van der Waals surface area (Å²) in [5.41, 5.74) is 0.606. The number of carbonyl (C=O) groups is 2. The van der Waals surface area contributed by atoms with E-state index in [1.165, 1.54) is 27.1 Å². The van der Waals surface area contributed by atoms with E-state index in [0.29, 0.717) is 24.1 Å². The van der Waals surface area contributed by atoms with E-state index in [0.717, 1.165) is 47.9 Å². The van der Waals surface area contributed by atoms with Crippen molar-refractivity contribution in [1.82, 2.24) is 0 Å². The van der Waals surface area contributed by atoms with Gasteiger partial charge in [0.1, 0.15) is 0 Å². The molecule has 3 saturated carbocycles. The molecule has 0 aromatic rings. The average molecular weight is 574 g/mol. The summed E-state index contributed by atoms with van der Waals surface area (Å²) in [7, 11) is 8.82. The molecule has 0 saturated heterocycles. The minimum Gasteiger partial charge on any atom is -0.469 e. The average Bonchev–Trinajstić information content (AvgIpc) is 2.76. The maximum absolute atomic E-state index is 10.6. The van der Waals surface area contributed by atoms with Gasteiger partial charge in [0.2, 0.25) is 0 Å². The van der Waals surface area contributed by atoms with Crippen molar-refractivity contribution >= 4 is 51.6 Å². The third kappa shape index (κ3) is 11.9. The summed E-state index contributed by atoms with van der Waals surface area (Å²) in [5, 5.41) is 0. The molecule has 180 valence electrons. The first kappa shape index (κ1) is 31.3. The molecule has 2 bridgehead atoms. The van der Waals surface area contributed by atoms with Gasteiger partial charge in [-0.1, -0.05) is 60.9 Å². The van der Waals surface area contributed by atoms with Crippen LogP contribution in [0.1, 0.15) is 79.1 Å². The van der Waals surface area contributed by atoms with Crippen molar-refractivity contribution < 1.29 is 19.1 Å². The summed E-state index contributed by atoms with van der Waals surface area (Å²) in [5.74, 6) is 5.58. The smallest absolute Gasteiger partial charge is 0.305 e. The quantitative estimate of drug-likeness (QED) is 0.143. The number of hydrogen-bond donors (Lipinski definition) is 0. The Labute approximate surface area is 213 Å². The normalized spacial score (nSPS) is 24.7. The van der Waals surface area contributed by atoms with Crippen LogP contribution in [0.4, 0.5) is 0 Å². The number of fused-ring (bicyclic) bond motifs is 2. The van der Waals surface area contributed by atoms with Crippen molar-refractivity contribution in [3.05, 3.63) is 10.6 Å². The van der Waals surface area contributed by atoms with Crippen LogP contribution < -0.4 is 0 Å². The molecule has 0 amide bonds. The zero-order valence-electron chi connectivity index (χ0n) is 20.5. The SMILES string of the molecule is COC(=O)CCC/C=C(/C)Br.COC(=O)CCCC#CBr.[B]C1CC2CC(C1C)C2(C)C. The fourth-order valence-corrected chi connectivity index (χ4v) is 4.74. The van der Waals surface area contributed by atoms with Gasteiger partial charge < -0.3 is 9.47 Å². The molecule has 0 aromatic heterocycles. The Kier molecular flexibility index (Phi) is 16.4. The van der Waals surface area contributed by atoms with Gasteiger partial charge in [0.05, 0.1) is 22.1 Å². The first-order valence-corrected chi connectivity index (χ1v) is 12.9. The zero-order valence-corrected chi connectivity index (χ0v) is 23.7. The molecule has 3 rings (SSSR count). The lowest BCUT2D eigenvalue weighted by molar-refractivity contribution is -0.141. The van der Waals surface area contributed by atoms with Crippen LogP contribution in [-0.4, -0.2) is 34.0 Å². The van der Waals surface area contributed by atoms with Crippen LogP contribution >= 0.6 is 31.9 Å². The van der Waals surface area contributed by atoms with E-state index in [4.69, 9.17) is 7.85 Å². The third-order valence-electron chi connectivity index (χ3n) is 6.63. The number of unbranched alkanes of at least 4 members (excludes halogenated alkanes) is 2. The highest BCUT2D eigenvalue weighted by molar-refractivity contribution is 9.12. The molecule has 4 atom stereocenters. The fraction of sp³-hybridized carbons (Fsp3) is 0.760. The number of ether oxygens (including phenoxy) is 2. The third-order valence-corrected chi connectivity index (χ3v) is 7.23. The molecule has 3 aliphatic carbocycles. The Balaban J connectivity index is 0.000000452. The highest BCUT2D eigenvalue weighted by Gasteiger charge is 2.54. The van der Waals surface area contributed by atoms with Crippen LogP contribution in [0.15, 0.2) is 10.6 Å². The molecule has 0 spiro atoms. The summed E-state index contributed by atoms with van der Waals surface area (Å²) >= 11 is 6.26. The monoisotopic (exact) mass is 572 g/mol. The second-order valence-electron chi connectivity index (χ2n) is 9.08. The summed E-state index contributed by atoms with van der Waals surface area (Å²) in [4.78, 5) is 23.7. The first-order valence-electron chi connectivity index (χ1n) is 11.3. The van der Waals surface area contributed by atoms with Crippen LogP contribution in [-0.2, 0) is 19.1 Å². The van der Waals surface area contributed by atoms with E-state index in [1.807, 2.05) is 13.0 Å². The molecule has 2 radical (unpaired) electrons. The lowest BCUT2D eigenvalue weighted by atomic mass is 9.41. The van der Waals surface area contributed by atoms with E-state index in [9.17, 15) is 9.59 Å². The molecule has 32 heavy (non-hydrogen) atoms. The predicted octanol–water partition coefficient (Wildman–Crippen LogP) is 6.96. The Bertz CT molecular complexity index is 663. The molecule has 0 aromatic carbocycles. The largest absolute Gasteiger partial charge is 0.469 e. The Morgan fingerprint density at radius 2 is 1.69 bits per heavy atom. The molecular weight excluding hydrogens is 535 g/mol. The van der Waals surface area contributed by atoms with Crippen LogP contribution in [0.3, 0.4) is 0 Å². The van der Waals surface area contributed by atoms with Crippen molar-refractivity contribution in [2.75, 3.05) is 14.2 Å². The summed E-state index contributed by atoms with van der Waals surface area (Å²) < 4.78 is 10.0. The van der Waals surface area contributed by atoms with E-state index in [1.54, 1.807) is 0 Å². The Hall–Kier alpha value is -0.735. The first-order chi connectivity index (χ1) is 15.0. The van der Waals surface area contributed by atoms with Gasteiger partial charge in [-0.05, 0) is 65.1 Å². The second-order valence-corrected chi connectivity index (χ2v) is 10.7. The minimum absolute atomic E-state index is 0.134. The molecule has 4 unspecified atom stereocenters. The van der Waals surface area contributed by atoms with Gasteiger partial charge in [-0.25, -0.2) is 0 Å². The summed E-state index contributed by atoms with van der Waals surface area (Å²) in [6.45, 7) is 9.12. The predicted molar refractivity (Wildman–Crippen MR) is 140 cm³/mol. The number of hydrogen-bond acceptors (Lipinski definition) is 4. The fourth-order valence-electron chi connectivity index (χ4n) is 4.31. The van der Waals surface area contributed by atoms with E-state index >= 15 is 0 Å². The second kappa shape index (κ2) is 16.8. The van der Waals surface area contributed by atoms with Crippen LogP contribution in [0, 0.1) is 33.9 Å². The van der Waals surface area contributed by atoms with Crippen molar-refractivity contribution in [2.45, 2.75) is 84.9 Å². The summed E-state index contributed by atoms with van der Waals surface area (Å²) in [6.07, 6.45) is 9.01. The van der Waals surface area contributed by atoms with Crippen molar-refractivity contribution in [1.29, 1.82) is 0 Å². The number of allylic oxidation sites excluding steroid dienone is 2. The Morgan fingerprint density at radius 1 is 1.12 bits per heavy atom. The summed E-state index contributed by atoms with van der Waals surface area (Å²) in [6, 6.07) is 0. The van der Waals surface area contributed by atoms with Gasteiger partial charge >= 0.3 is 11.9 Å².